The third-order valence-corrected chi connectivity index (χ3v) is 6.14. The molecule has 0 unspecified atom stereocenters. The molecule has 0 radical (unpaired) electrons. The number of halogens is 1. The van der Waals surface area contributed by atoms with Gasteiger partial charge in [0.25, 0.3) is 11.1 Å². The largest absolute Gasteiger partial charge is 0.380 e. The molecule has 1 aliphatic heterocycles. The Kier molecular flexibility index (Phi) is 5.78. The highest BCUT2D eigenvalue weighted by atomic mass is 35.5. The van der Waals surface area contributed by atoms with Crippen LogP contribution in [0.5, 0.6) is 0 Å². The van der Waals surface area contributed by atoms with E-state index in [0.29, 0.717) is 28.2 Å². The molecule has 1 aromatic carbocycles. The lowest BCUT2D eigenvalue weighted by molar-refractivity contribution is 0.152. The molecule has 0 atom stereocenters. The van der Waals surface area contributed by atoms with Gasteiger partial charge in [0, 0.05) is 37.8 Å². The van der Waals surface area contributed by atoms with Crippen molar-refractivity contribution in [2.75, 3.05) is 31.2 Å². The molecule has 0 aliphatic carbocycles. The van der Waals surface area contributed by atoms with Crippen molar-refractivity contribution in [3.05, 3.63) is 80.0 Å². The number of anilines is 1. The number of aromatic nitrogens is 4. The first-order valence-corrected chi connectivity index (χ1v) is 11.3. The van der Waals surface area contributed by atoms with Gasteiger partial charge in [-0.25, -0.2) is 4.98 Å². The lowest BCUT2D eigenvalue weighted by Gasteiger charge is -2.21. The summed E-state index contributed by atoms with van der Waals surface area (Å²) in [4.78, 5) is 33.2. The predicted molar refractivity (Wildman–Crippen MR) is 129 cm³/mol. The molecule has 4 aromatic rings. The van der Waals surface area contributed by atoms with Gasteiger partial charge in [0.1, 0.15) is 5.82 Å². The summed E-state index contributed by atoms with van der Waals surface area (Å²) in [5.74, 6) is 0.859. The van der Waals surface area contributed by atoms with Gasteiger partial charge in [-0.2, -0.15) is 0 Å². The second-order valence-electron chi connectivity index (χ2n) is 8.13. The van der Waals surface area contributed by atoms with Gasteiger partial charge in [0.2, 0.25) is 0 Å². The van der Waals surface area contributed by atoms with E-state index < -0.39 is 0 Å². The normalized spacial score (nSPS) is 14.5. The van der Waals surface area contributed by atoms with Gasteiger partial charge in [0.15, 0.2) is 0 Å². The zero-order valence-electron chi connectivity index (χ0n) is 18.3. The number of rotatable bonds is 4. The Morgan fingerprint density at radius 2 is 1.91 bits per heavy atom. The van der Waals surface area contributed by atoms with E-state index in [4.69, 9.17) is 21.3 Å². The summed E-state index contributed by atoms with van der Waals surface area (Å²) in [6, 6.07) is 14.4. The molecule has 3 aromatic heterocycles. The zero-order chi connectivity index (χ0) is 22.9. The van der Waals surface area contributed by atoms with E-state index in [1.54, 1.807) is 23.7 Å². The standard InChI is InChI=1S/C24H24ClN5O3/c1-28-24(32)22-19(27-28)14-21(31)30(23(22)16-6-8-17(25)9-7-16)15-18-4-2-5-20(26-18)29-10-3-12-33-13-11-29/h2,4-9,14,27H,3,10-13,15H2,1H3. The number of ether oxygens (including phenoxy) is 1. The van der Waals surface area contributed by atoms with Gasteiger partial charge in [-0.05, 0) is 36.2 Å². The van der Waals surface area contributed by atoms with Crippen molar-refractivity contribution in [2.24, 2.45) is 7.05 Å². The first kappa shape index (κ1) is 21.5. The number of pyridine rings is 2. The van der Waals surface area contributed by atoms with Crippen molar-refractivity contribution in [1.29, 1.82) is 0 Å². The molecule has 0 amide bonds. The van der Waals surface area contributed by atoms with Crippen LogP contribution >= 0.6 is 11.6 Å². The van der Waals surface area contributed by atoms with Gasteiger partial charge in [-0.15, -0.1) is 0 Å². The number of benzene rings is 1. The van der Waals surface area contributed by atoms with Crippen molar-refractivity contribution in [2.45, 2.75) is 13.0 Å². The smallest absolute Gasteiger partial charge is 0.276 e. The number of hydrogen-bond acceptors (Lipinski definition) is 5. The second kappa shape index (κ2) is 8.88. The van der Waals surface area contributed by atoms with E-state index in [0.717, 1.165) is 43.2 Å². The fourth-order valence-electron chi connectivity index (χ4n) is 4.28. The summed E-state index contributed by atoms with van der Waals surface area (Å²) >= 11 is 6.09. The van der Waals surface area contributed by atoms with Crippen LogP contribution in [-0.2, 0) is 18.3 Å². The highest BCUT2D eigenvalue weighted by Crippen LogP contribution is 2.27. The molecule has 9 heteroatoms. The average Bonchev–Trinajstić information content (AvgIpc) is 3.00. The Labute approximate surface area is 195 Å². The molecular formula is C24H24ClN5O3. The highest BCUT2D eigenvalue weighted by molar-refractivity contribution is 6.30. The summed E-state index contributed by atoms with van der Waals surface area (Å²) in [5.41, 5.74) is 2.10. The fraction of sp³-hybridized carbons (Fsp3) is 0.292. The molecule has 170 valence electrons. The van der Waals surface area contributed by atoms with E-state index in [9.17, 15) is 9.59 Å². The van der Waals surface area contributed by atoms with Crippen molar-refractivity contribution >= 4 is 28.3 Å². The minimum absolute atomic E-state index is 0.199. The minimum atomic E-state index is -0.218. The van der Waals surface area contributed by atoms with Crippen molar-refractivity contribution in [3.8, 4) is 11.3 Å². The molecule has 1 N–H and O–H groups in total. The summed E-state index contributed by atoms with van der Waals surface area (Å²) in [7, 11) is 1.64. The first-order chi connectivity index (χ1) is 16.0. The Morgan fingerprint density at radius 3 is 2.73 bits per heavy atom. The molecule has 0 saturated carbocycles. The van der Waals surface area contributed by atoms with Crippen molar-refractivity contribution in [3.63, 3.8) is 0 Å². The maximum Gasteiger partial charge on any atom is 0.276 e. The lowest BCUT2D eigenvalue weighted by Crippen LogP contribution is -2.27. The van der Waals surface area contributed by atoms with Crippen LogP contribution in [0.1, 0.15) is 12.1 Å². The quantitative estimate of drug-likeness (QED) is 0.500. The molecule has 0 bridgehead atoms. The van der Waals surface area contributed by atoms with Crippen LogP contribution in [0.15, 0.2) is 58.1 Å². The van der Waals surface area contributed by atoms with E-state index in [2.05, 4.69) is 10.00 Å². The molecule has 1 fully saturated rings. The fourth-order valence-corrected chi connectivity index (χ4v) is 4.41. The number of H-pyrrole nitrogens is 1. The Balaban J connectivity index is 1.64. The number of aryl methyl sites for hydroxylation is 1. The Bertz CT molecular complexity index is 1410. The van der Waals surface area contributed by atoms with E-state index >= 15 is 0 Å². The van der Waals surface area contributed by atoms with Gasteiger partial charge < -0.3 is 14.2 Å². The summed E-state index contributed by atoms with van der Waals surface area (Å²) in [6.07, 6.45) is 0.944. The average molecular weight is 466 g/mol. The van der Waals surface area contributed by atoms with Crippen LogP contribution in [0.3, 0.4) is 0 Å². The Hall–Kier alpha value is -3.36. The third-order valence-electron chi connectivity index (χ3n) is 5.89. The Morgan fingerprint density at radius 1 is 1.09 bits per heavy atom. The molecule has 4 heterocycles. The molecule has 1 aliphatic rings. The SMILES string of the molecule is Cn1[nH]c2cc(=O)n(Cc3cccc(N4CCCOCC4)n3)c(-c3ccc(Cl)cc3)c2c1=O. The summed E-state index contributed by atoms with van der Waals surface area (Å²) in [5, 5.41) is 4.01. The van der Waals surface area contributed by atoms with E-state index in [-0.39, 0.29) is 17.7 Å². The van der Waals surface area contributed by atoms with Gasteiger partial charge >= 0.3 is 0 Å². The maximum absolute atomic E-state index is 13.2. The molecule has 33 heavy (non-hydrogen) atoms. The lowest BCUT2D eigenvalue weighted by atomic mass is 10.1. The molecular weight excluding hydrogens is 442 g/mol. The first-order valence-electron chi connectivity index (χ1n) is 10.9. The van der Waals surface area contributed by atoms with E-state index in [1.807, 2.05) is 30.3 Å². The van der Waals surface area contributed by atoms with Crippen LogP contribution in [0.2, 0.25) is 5.02 Å². The van der Waals surface area contributed by atoms with Gasteiger partial charge in [0.05, 0.1) is 35.4 Å². The predicted octanol–water partition coefficient (Wildman–Crippen LogP) is 3.02. The summed E-state index contributed by atoms with van der Waals surface area (Å²) in [6.45, 7) is 3.30. The topological polar surface area (TPSA) is 85.2 Å². The number of aromatic amines is 1. The van der Waals surface area contributed by atoms with Crippen LogP contribution in [0.25, 0.3) is 22.2 Å². The monoisotopic (exact) mass is 465 g/mol. The van der Waals surface area contributed by atoms with Gasteiger partial charge in [-0.3, -0.25) is 19.4 Å². The number of nitrogens with one attached hydrogen (secondary N) is 1. The van der Waals surface area contributed by atoms with Crippen molar-refractivity contribution < 1.29 is 4.74 Å². The zero-order valence-corrected chi connectivity index (χ0v) is 19.0. The molecule has 8 nitrogen and oxygen atoms in total. The second-order valence-corrected chi connectivity index (χ2v) is 8.57. The van der Waals surface area contributed by atoms with E-state index in [1.165, 1.54) is 10.7 Å². The maximum atomic E-state index is 13.2. The number of hydrogen-bond donors (Lipinski definition) is 1. The van der Waals surface area contributed by atoms with Crippen molar-refractivity contribution in [1.82, 2.24) is 19.3 Å². The van der Waals surface area contributed by atoms with Crippen LogP contribution in [-0.4, -0.2) is 45.6 Å². The molecule has 0 spiro atoms. The third kappa shape index (κ3) is 4.19. The van der Waals surface area contributed by atoms with Gasteiger partial charge in [-0.1, -0.05) is 29.8 Å². The number of fused-ring (bicyclic) bond motifs is 1. The molecule has 5 rings (SSSR count). The minimum Gasteiger partial charge on any atom is -0.380 e. The van der Waals surface area contributed by atoms with Crippen LogP contribution < -0.4 is 16.0 Å². The number of nitrogens with zero attached hydrogens (tertiary/aromatic N) is 4. The summed E-state index contributed by atoms with van der Waals surface area (Å²) < 4.78 is 8.55. The van der Waals surface area contributed by atoms with Crippen LogP contribution in [0.4, 0.5) is 5.82 Å². The highest BCUT2D eigenvalue weighted by Gasteiger charge is 2.19. The molecule has 1 saturated heterocycles. The van der Waals surface area contributed by atoms with Crippen LogP contribution in [0, 0.1) is 0 Å².